The number of aliphatic hydroxyl groups excluding tert-OH is 1. The molecule has 1 aromatic heterocycles. The van der Waals surface area contributed by atoms with E-state index in [0.717, 1.165) is 18.7 Å². The Balaban J connectivity index is 1.71. The van der Waals surface area contributed by atoms with E-state index in [9.17, 15) is 0 Å². The average molecular weight is 247 g/mol. The summed E-state index contributed by atoms with van der Waals surface area (Å²) >= 11 is 0. The maximum Gasteiger partial charge on any atom is 0.119 e. The molecule has 0 bridgehead atoms. The second-order valence-electron chi connectivity index (χ2n) is 4.15. The van der Waals surface area contributed by atoms with Crippen LogP contribution in [0.5, 0.6) is 5.75 Å². The van der Waals surface area contributed by atoms with E-state index < -0.39 is 0 Å². The molecular weight excluding hydrogens is 230 g/mol. The Hall–Kier alpha value is -1.88. The Bertz CT molecular complexity index is 479. The van der Waals surface area contributed by atoms with Crippen LogP contribution in [0.25, 0.3) is 0 Å². The number of rotatable bonds is 6. The molecule has 0 spiro atoms. The van der Waals surface area contributed by atoms with Crippen LogP contribution in [0.4, 0.5) is 0 Å². The zero-order valence-corrected chi connectivity index (χ0v) is 10.4. The van der Waals surface area contributed by atoms with Gasteiger partial charge in [0, 0.05) is 13.0 Å². The van der Waals surface area contributed by atoms with Gasteiger partial charge >= 0.3 is 0 Å². The SMILES string of the molecule is Cc1ccc(OCCCn2cc(CO)nn2)cc1. The Morgan fingerprint density at radius 3 is 2.72 bits per heavy atom. The number of benzene rings is 1. The lowest BCUT2D eigenvalue weighted by Crippen LogP contribution is -2.05. The van der Waals surface area contributed by atoms with Crippen molar-refractivity contribution in [3.05, 3.63) is 41.7 Å². The van der Waals surface area contributed by atoms with E-state index in [0.29, 0.717) is 12.3 Å². The summed E-state index contributed by atoms with van der Waals surface area (Å²) in [7, 11) is 0. The van der Waals surface area contributed by atoms with E-state index in [4.69, 9.17) is 9.84 Å². The van der Waals surface area contributed by atoms with Crippen molar-refractivity contribution in [1.82, 2.24) is 15.0 Å². The van der Waals surface area contributed by atoms with Gasteiger partial charge in [-0.2, -0.15) is 0 Å². The van der Waals surface area contributed by atoms with Gasteiger partial charge in [0.15, 0.2) is 0 Å². The third-order valence-corrected chi connectivity index (χ3v) is 2.57. The van der Waals surface area contributed by atoms with Gasteiger partial charge in [-0.05, 0) is 19.1 Å². The first-order valence-electron chi connectivity index (χ1n) is 5.97. The zero-order valence-electron chi connectivity index (χ0n) is 10.4. The quantitative estimate of drug-likeness (QED) is 0.787. The highest BCUT2D eigenvalue weighted by atomic mass is 16.5. The molecule has 1 aromatic carbocycles. The monoisotopic (exact) mass is 247 g/mol. The van der Waals surface area contributed by atoms with Gasteiger partial charge in [0.05, 0.1) is 19.4 Å². The van der Waals surface area contributed by atoms with Crippen molar-refractivity contribution >= 4 is 0 Å². The molecule has 0 atom stereocenters. The van der Waals surface area contributed by atoms with Crippen molar-refractivity contribution in [3.63, 3.8) is 0 Å². The van der Waals surface area contributed by atoms with Crippen LogP contribution < -0.4 is 4.74 Å². The molecule has 0 saturated heterocycles. The molecule has 0 aliphatic rings. The molecule has 0 saturated carbocycles. The maximum absolute atomic E-state index is 8.85. The molecule has 0 radical (unpaired) electrons. The fourth-order valence-electron chi connectivity index (χ4n) is 1.57. The van der Waals surface area contributed by atoms with Gasteiger partial charge in [0.2, 0.25) is 0 Å². The predicted molar refractivity (Wildman–Crippen MR) is 67.2 cm³/mol. The van der Waals surface area contributed by atoms with Crippen LogP contribution in [-0.2, 0) is 13.2 Å². The topological polar surface area (TPSA) is 60.2 Å². The highest BCUT2D eigenvalue weighted by Crippen LogP contribution is 2.11. The van der Waals surface area contributed by atoms with Crippen molar-refractivity contribution in [3.8, 4) is 5.75 Å². The number of hydrogen-bond donors (Lipinski definition) is 1. The van der Waals surface area contributed by atoms with Crippen LogP contribution in [0.1, 0.15) is 17.7 Å². The van der Waals surface area contributed by atoms with E-state index in [-0.39, 0.29) is 6.61 Å². The third kappa shape index (κ3) is 3.56. The van der Waals surface area contributed by atoms with Crippen molar-refractivity contribution in [1.29, 1.82) is 0 Å². The molecule has 1 N–H and O–H groups in total. The molecule has 1 heterocycles. The molecule has 5 nitrogen and oxygen atoms in total. The Kier molecular flexibility index (Phi) is 4.30. The van der Waals surface area contributed by atoms with Gasteiger partial charge in [-0.25, -0.2) is 0 Å². The summed E-state index contributed by atoms with van der Waals surface area (Å²) < 4.78 is 7.32. The van der Waals surface area contributed by atoms with Crippen LogP contribution >= 0.6 is 0 Å². The minimum Gasteiger partial charge on any atom is -0.494 e. The fraction of sp³-hybridized carbons (Fsp3) is 0.385. The number of aliphatic hydroxyl groups is 1. The van der Waals surface area contributed by atoms with Gasteiger partial charge < -0.3 is 9.84 Å². The van der Waals surface area contributed by atoms with E-state index in [1.165, 1.54) is 5.56 Å². The summed E-state index contributed by atoms with van der Waals surface area (Å²) in [6.07, 6.45) is 2.59. The van der Waals surface area contributed by atoms with E-state index in [1.807, 2.05) is 31.2 Å². The second kappa shape index (κ2) is 6.16. The van der Waals surface area contributed by atoms with Crippen molar-refractivity contribution < 1.29 is 9.84 Å². The van der Waals surface area contributed by atoms with Crippen molar-refractivity contribution in [2.45, 2.75) is 26.5 Å². The second-order valence-corrected chi connectivity index (χ2v) is 4.15. The van der Waals surface area contributed by atoms with Crippen LogP contribution in [0.2, 0.25) is 0 Å². The molecule has 0 fully saturated rings. The number of nitrogens with zero attached hydrogens (tertiary/aromatic N) is 3. The molecule has 0 unspecified atom stereocenters. The smallest absolute Gasteiger partial charge is 0.119 e. The highest BCUT2D eigenvalue weighted by Gasteiger charge is 1.99. The maximum atomic E-state index is 8.85. The van der Waals surface area contributed by atoms with Crippen LogP contribution in [-0.4, -0.2) is 26.7 Å². The van der Waals surface area contributed by atoms with Gasteiger partial charge in [-0.3, -0.25) is 4.68 Å². The summed E-state index contributed by atoms with van der Waals surface area (Å²) in [5, 5.41) is 16.6. The first-order valence-corrected chi connectivity index (χ1v) is 5.97. The Morgan fingerprint density at radius 2 is 2.06 bits per heavy atom. The number of aromatic nitrogens is 3. The third-order valence-electron chi connectivity index (χ3n) is 2.57. The normalized spacial score (nSPS) is 10.6. The summed E-state index contributed by atoms with van der Waals surface area (Å²) in [5.74, 6) is 0.884. The Labute approximate surface area is 106 Å². The van der Waals surface area contributed by atoms with E-state index in [1.54, 1.807) is 10.9 Å². The molecular formula is C13H17N3O2. The van der Waals surface area contributed by atoms with Crippen LogP contribution in [0, 0.1) is 6.92 Å². The first-order chi connectivity index (χ1) is 8.78. The van der Waals surface area contributed by atoms with E-state index >= 15 is 0 Å². The molecule has 5 heteroatoms. The highest BCUT2D eigenvalue weighted by molar-refractivity contribution is 5.26. The van der Waals surface area contributed by atoms with Crippen molar-refractivity contribution in [2.75, 3.05) is 6.61 Å². The summed E-state index contributed by atoms with van der Waals surface area (Å²) in [5.41, 5.74) is 1.82. The molecule has 18 heavy (non-hydrogen) atoms. The number of ether oxygens (including phenoxy) is 1. The molecule has 0 aliphatic heterocycles. The van der Waals surface area contributed by atoms with Crippen molar-refractivity contribution in [2.24, 2.45) is 0 Å². The number of aryl methyl sites for hydroxylation is 2. The lowest BCUT2D eigenvalue weighted by Gasteiger charge is -2.06. The molecule has 96 valence electrons. The van der Waals surface area contributed by atoms with Gasteiger partial charge in [-0.15, -0.1) is 5.10 Å². The molecule has 2 rings (SSSR count). The Morgan fingerprint density at radius 1 is 1.28 bits per heavy atom. The zero-order chi connectivity index (χ0) is 12.8. The summed E-state index contributed by atoms with van der Waals surface area (Å²) in [6, 6.07) is 7.99. The average Bonchev–Trinajstić information content (AvgIpc) is 2.85. The number of hydrogen-bond acceptors (Lipinski definition) is 4. The lowest BCUT2D eigenvalue weighted by atomic mass is 10.2. The minimum atomic E-state index is -0.0696. The largest absolute Gasteiger partial charge is 0.494 e. The van der Waals surface area contributed by atoms with Crippen LogP contribution in [0.15, 0.2) is 30.5 Å². The van der Waals surface area contributed by atoms with Gasteiger partial charge in [-0.1, -0.05) is 22.9 Å². The minimum absolute atomic E-state index is 0.0696. The molecule has 0 aliphatic carbocycles. The van der Waals surface area contributed by atoms with E-state index in [2.05, 4.69) is 10.3 Å². The lowest BCUT2D eigenvalue weighted by molar-refractivity contribution is 0.276. The van der Waals surface area contributed by atoms with Gasteiger partial charge in [0.1, 0.15) is 11.4 Å². The molecule has 0 amide bonds. The molecule has 2 aromatic rings. The predicted octanol–water partition coefficient (Wildman–Crippen LogP) is 1.55. The summed E-state index contributed by atoms with van der Waals surface area (Å²) in [6.45, 7) is 3.35. The fourth-order valence-corrected chi connectivity index (χ4v) is 1.57. The summed E-state index contributed by atoms with van der Waals surface area (Å²) in [4.78, 5) is 0. The van der Waals surface area contributed by atoms with Gasteiger partial charge in [0.25, 0.3) is 0 Å². The van der Waals surface area contributed by atoms with Crippen LogP contribution in [0.3, 0.4) is 0 Å². The first kappa shape index (κ1) is 12.6. The standard InChI is InChI=1S/C13H17N3O2/c1-11-3-5-13(6-4-11)18-8-2-7-16-9-12(10-17)14-15-16/h3-6,9,17H,2,7-8,10H2,1H3.